The van der Waals surface area contributed by atoms with E-state index < -0.39 is 22.9 Å². The zero-order chi connectivity index (χ0) is 20.0. The zero-order valence-electron chi connectivity index (χ0n) is 14.5. The molecular weight excluding hydrogens is 378 g/mol. The summed E-state index contributed by atoms with van der Waals surface area (Å²) < 4.78 is 10.2. The van der Waals surface area contributed by atoms with E-state index in [4.69, 9.17) is 21.1 Å². The molecule has 2 aromatic rings. The highest BCUT2D eigenvalue weighted by molar-refractivity contribution is 6.30. The standard InChI is InChI=1S/C17H16ClN3O6/c1-3-26-14-6-4-11(8-13(14)21(24)25)17(23)27-10(2)16(22)20-15-7-5-12(18)9-19-15/h4-10H,3H2,1-2H3,(H,19,20,22). The molecular formula is C17H16ClN3O6. The Morgan fingerprint density at radius 1 is 1.33 bits per heavy atom. The van der Waals surface area contributed by atoms with Crippen molar-refractivity contribution in [3.63, 3.8) is 0 Å². The second-order valence-electron chi connectivity index (χ2n) is 5.27. The summed E-state index contributed by atoms with van der Waals surface area (Å²) in [6, 6.07) is 6.70. The van der Waals surface area contributed by atoms with Crippen LogP contribution in [-0.2, 0) is 9.53 Å². The first-order chi connectivity index (χ1) is 12.8. The highest BCUT2D eigenvalue weighted by Gasteiger charge is 2.23. The van der Waals surface area contributed by atoms with E-state index in [1.165, 1.54) is 31.3 Å². The number of halogens is 1. The lowest BCUT2D eigenvalue weighted by molar-refractivity contribution is -0.385. The zero-order valence-corrected chi connectivity index (χ0v) is 15.2. The topological polar surface area (TPSA) is 121 Å². The van der Waals surface area contributed by atoms with Gasteiger partial charge in [0.05, 0.1) is 22.1 Å². The summed E-state index contributed by atoms with van der Waals surface area (Å²) in [6.45, 7) is 3.29. The van der Waals surface area contributed by atoms with Crippen LogP contribution in [-0.4, -0.2) is 34.5 Å². The molecule has 0 saturated carbocycles. The Morgan fingerprint density at radius 3 is 2.67 bits per heavy atom. The van der Waals surface area contributed by atoms with Crippen molar-refractivity contribution in [1.82, 2.24) is 4.98 Å². The Kier molecular flexibility index (Phi) is 6.67. The number of amides is 1. The fourth-order valence-corrected chi connectivity index (χ4v) is 2.14. The van der Waals surface area contributed by atoms with E-state index in [2.05, 4.69) is 10.3 Å². The van der Waals surface area contributed by atoms with Crippen LogP contribution in [0.15, 0.2) is 36.5 Å². The number of rotatable bonds is 7. The van der Waals surface area contributed by atoms with Gasteiger partial charge in [-0.15, -0.1) is 0 Å². The maximum absolute atomic E-state index is 12.2. The third-order valence-electron chi connectivity index (χ3n) is 3.32. The molecule has 1 atom stereocenters. The minimum absolute atomic E-state index is 0.0404. The summed E-state index contributed by atoms with van der Waals surface area (Å²) in [7, 11) is 0. The van der Waals surface area contributed by atoms with Crippen LogP contribution < -0.4 is 10.1 Å². The van der Waals surface area contributed by atoms with Crippen LogP contribution in [0.3, 0.4) is 0 Å². The molecule has 1 amide bonds. The number of nitrogens with one attached hydrogen (secondary N) is 1. The third-order valence-corrected chi connectivity index (χ3v) is 3.55. The quantitative estimate of drug-likeness (QED) is 0.435. The predicted molar refractivity (Wildman–Crippen MR) is 97.0 cm³/mol. The van der Waals surface area contributed by atoms with Crippen LogP contribution in [0.2, 0.25) is 5.02 Å². The molecule has 27 heavy (non-hydrogen) atoms. The van der Waals surface area contributed by atoms with Crippen LogP contribution in [0.25, 0.3) is 0 Å². The molecule has 0 aliphatic heterocycles. The summed E-state index contributed by atoms with van der Waals surface area (Å²) in [5.41, 5.74) is -0.441. The fraction of sp³-hybridized carbons (Fsp3) is 0.235. The average molecular weight is 394 g/mol. The van der Waals surface area contributed by atoms with Crippen molar-refractivity contribution in [2.45, 2.75) is 20.0 Å². The molecule has 1 aromatic heterocycles. The number of aromatic nitrogens is 1. The number of carbonyl (C=O) groups is 2. The first kappa shape index (κ1) is 20.1. The van der Waals surface area contributed by atoms with Gasteiger partial charge in [-0.3, -0.25) is 14.9 Å². The van der Waals surface area contributed by atoms with Gasteiger partial charge >= 0.3 is 11.7 Å². The first-order valence-corrected chi connectivity index (χ1v) is 8.24. The predicted octanol–water partition coefficient (Wildman–Crippen LogP) is 3.23. The molecule has 0 aliphatic rings. The Morgan fingerprint density at radius 2 is 2.07 bits per heavy atom. The molecule has 0 fully saturated rings. The van der Waals surface area contributed by atoms with Crippen molar-refractivity contribution >= 4 is 35.0 Å². The lowest BCUT2D eigenvalue weighted by Gasteiger charge is -2.13. The largest absolute Gasteiger partial charge is 0.487 e. The Balaban J connectivity index is 2.06. The molecule has 1 heterocycles. The highest BCUT2D eigenvalue weighted by atomic mass is 35.5. The molecule has 142 valence electrons. The molecule has 10 heteroatoms. The van der Waals surface area contributed by atoms with E-state index in [-0.39, 0.29) is 29.4 Å². The lowest BCUT2D eigenvalue weighted by Crippen LogP contribution is -2.30. The summed E-state index contributed by atoms with van der Waals surface area (Å²) >= 11 is 5.71. The van der Waals surface area contributed by atoms with Gasteiger partial charge in [-0.2, -0.15) is 0 Å². The molecule has 2 rings (SSSR count). The first-order valence-electron chi connectivity index (χ1n) is 7.86. The van der Waals surface area contributed by atoms with E-state index in [0.717, 1.165) is 6.07 Å². The smallest absolute Gasteiger partial charge is 0.339 e. The summed E-state index contributed by atoms with van der Waals surface area (Å²) in [4.78, 5) is 38.7. The SMILES string of the molecule is CCOc1ccc(C(=O)OC(C)C(=O)Nc2ccc(Cl)cn2)cc1[N+](=O)[O-]. The number of ether oxygens (including phenoxy) is 2. The van der Waals surface area contributed by atoms with Gasteiger partial charge in [0.15, 0.2) is 11.9 Å². The molecule has 0 bridgehead atoms. The molecule has 0 saturated heterocycles. The van der Waals surface area contributed by atoms with E-state index in [1.54, 1.807) is 13.0 Å². The molecule has 1 aromatic carbocycles. The number of hydrogen-bond acceptors (Lipinski definition) is 7. The molecule has 9 nitrogen and oxygen atoms in total. The van der Waals surface area contributed by atoms with Crippen molar-refractivity contribution in [2.75, 3.05) is 11.9 Å². The van der Waals surface area contributed by atoms with Gasteiger partial charge in [0.25, 0.3) is 5.91 Å². The van der Waals surface area contributed by atoms with Crippen LogP contribution in [0, 0.1) is 10.1 Å². The number of anilines is 1. The maximum atomic E-state index is 12.2. The van der Waals surface area contributed by atoms with E-state index in [1.807, 2.05) is 0 Å². The van der Waals surface area contributed by atoms with Crippen LogP contribution in [0.1, 0.15) is 24.2 Å². The van der Waals surface area contributed by atoms with Gasteiger partial charge in [0.1, 0.15) is 5.82 Å². The van der Waals surface area contributed by atoms with Crippen LogP contribution in [0.4, 0.5) is 11.5 Å². The van der Waals surface area contributed by atoms with E-state index >= 15 is 0 Å². The number of nitrogens with zero attached hydrogens (tertiary/aromatic N) is 2. The van der Waals surface area contributed by atoms with Gasteiger partial charge < -0.3 is 14.8 Å². The monoisotopic (exact) mass is 393 g/mol. The normalized spacial score (nSPS) is 11.4. The number of esters is 1. The van der Waals surface area contributed by atoms with Crippen molar-refractivity contribution < 1.29 is 24.0 Å². The van der Waals surface area contributed by atoms with Crippen molar-refractivity contribution in [3.8, 4) is 5.75 Å². The molecule has 0 radical (unpaired) electrons. The minimum Gasteiger partial charge on any atom is -0.487 e. The van der Waals surface area contributed by atoms with E-state index in [0.29, 0.717) is 5.02 Å². The number of carbonyl (C=O) groups excluding carboxylic acids is 2. The molecule has 1 N–H and O–H groups in total. The van der Waals surface area contributed by atoms with E-state index in [9.17, 15) is 19.7 Å². The number of nitro groups is 1. The molecule has 1 unspecified atom stereocenters. The number of nitro benzene ring substituents is 1. The third kappa shape index (κ3) is 5.38. The van der Waals surface area contributed by atoms with Gasteiger partial charge in [0, 0.05) is 12.3 Å². The van der Waals surface area contributed by atoms with Crippen molar-refractivity contribution in [3.05, 3.63) is 57.2 Å². The average Bonchev–Trinajstić information content (AvgIpc) is 2.63. The van der Waals surface area contributed by atoms with Gasteiger partial charge in [0.2, 0.25) is 0 Å². The Bertz CT molecular complexity index is 856. The number of hydrogen-bond donors (Lipinski definition) is 1. The van der Waals surface area contributed by atoms with Crippen molar-refractivity contribution in [2.24, 2.45) is 0 Å². The fourth-order valence-electron chi connectivity index (χ4n) is 2.02. The number of pyridine rings is 1. The summed E-state index contributed by atoms with van der Waals surface area (Å²) in [5.74, 6) is -1.21. The Labute approximate surface area is 159 Å². The van der Waals surface area contributed by atoms with Crippen LogP contribution >= 0.6 is 11.6 Å². The van der Waals surface area contributed by atoms with Gasteiger partial charge in [-0.1, -0.05) is 11.6 Å². The van der Waals surface area contributed by atoms with Crippen LogP contribution in [0.5, 0.6) is 5.75 Å². The lowest BCUT2D eigenvalue weighted by atomic mass is 10.2. The minimum atomic E-state index is -1.15. The second kappa shape index (κ2) is 8.95. The van der Waals surface area contributed by atoms with Gasteiger partial charge in [-0.05, 0) is 38.1 Å². The van der Waals surface area contributed by atoms with Crippen molar-refractivity contribution in [1.29, 1.82) is 0 Å². The van der Waals surface area contributed by atoms with Gasteiger partial charge in [-0.25, -0.2) is 9.78 Å². The maximum Gasteiger partial charge on any atom is 0.339 e. The Hall–Kier alpha value is -3.20. The highest BCUT2D eigenvalue weighted by Crippen LogP contribution is 2.28. The summed E-state index contributed by atoms with van der Waals surface area (Å²) in [6.07, 6.45) is 0.202. The molecule has 0 spiro atoms. The second-order valence-corrected chi connectivity index (χ2v) is 5.71. The molecule has 0 aliphatic carbocycles. The summed E-state index contributed by atoms with van der Waals surface area (Å²) in [5, 5.41) is 14.0. The number of benzene rings is 1.